The first-order valence-electron chi connectivity index (χ1n) is 7.97. The number of nitrogens with one attached hydrogen (secondary N) is 2. The Morgan fingerprint density at radius 3 is 2.65 bits per heavy atom. The van der Waals surface area contributed by atoms with Crippen LogP contribution in [-0.2, 0) is 16.4 Å². The van der Waals surface area contributed by atoms with Gasteiger partial charge in [0.05, 0.1) is 24.0 Å². The van der Waals surface area contributed by atoms with Gasteiger partial charge in [-0.1, -0.05) is 23.7 Å². The number of rotatable bonds is 8. The van der Waals surface area contributed by atoms with Crippen LogP contribution in [0.25, 0.3) is 0 Å². The minimum atomic E-state index is -3.42. The SMILES string of the molecule is COc1cccc(CCCNC(=O)c2cc(NS(C)(=O)=O)ccc2Cl)c1. The third-order valence-electron chi connectivity index (χ3n) is 3.58. The predicted molar refractivity (Wildman–Crippen MR) is 104 cm³/mol. The third kappa shape index (κ3) is 6.24. The number of hydrogen-bond acceptors (Lipinski definition) is 4. The van der Waals surface area contributed by atoms with Crippen LogP contribution in [0.4, 0.5) is 5.69 Å². The lowest BCUT2D eigenvalue weighted by Gasteiger charge is -2.10. The fourth-order valence-electron chi connectivity index (χ4n) is 2.39. The lowest BCUT2D eigenvalue weighted by atomic mass is 10.1. The average molecular weight is 397 g/mol. The number of benzene rings is 2. The van der Waals surface area contributed by atoms with Crippen LogP contribution < -0.4 is 14.8 Å². The molecule has 0 aliphatic heterocycles. The predicted octanol–water partition coefficient (Wildman–Crippen LogP) is 3.08. The fraction of sp³-hybridized carbons (Fsp3) is 0.278. The van der Waals surface area contributed by atoms with Crippen molar-refractivity contribution in [2.45, 2.75) is 12.8 Å². The molecule has 8 heteroatoms. The van der Waals surface area contributed by atoms with Crippen molar-refractivity contribution in [3.8, 4) is 5.75 Å². The summed E-state index contributed by atoms with van der Waals surface area (Å²) >= 11 is 6.05. The van der Waals surface area contributed by atoms with Crippen LogP contribution in [0, 0.1) is 0 Å². The number of methoxy groups -OCH3 is 1. The summed E-state index contributed by atoms with van der Waals surface area (Å²) in [7, 11) is -1.80. The van der Waals surface area contributed by atoms with Crippen molar-refractivity contribution < 1.29 is 17.9 Å². The topological polar surface area (TPSA) is 84.5 Å². The molecule has 26 heavy (non-hydrogen) atoms. The summed E-state index contributed by atoms with van der Waals surface area (Å²) < 4.78 is 30.1. The van der Waals surface area contributed by atoms with Crippen molar-refractivity contribution in [1.29, 1.82) is 0 Å². The molecule has 140 valence electrons. The number of amides is 1. The molecule has 2 rings (SSSR count). The van der Waals surface area contributed by atoms with Gasteiger partial charge in [-0.3, -0.25) is 9.52 Å². The lowest BCUT2D eigenvalue weighted by molar-refractivity contribution is 0.0953. The Labute approximate surface area is 158 Å². The molecule has 0 radical (unpaired) electrons. The number of sulfonamides is 1. The van der Waals surface area contributed by atoms with Gasteiger partial charge in [0.2, 0.25) is 10.0 Å². The standard InChI is InChI=1S/C18H21ClN2O4S/c1-25-15-7-3-5-13(11-15)6-4-10-20-18(22)16-12-14(8-9-17(16)19)21-26(2,23)24/h3,5,7-9,11-12,21H,4,6,10H2,1-2H3,(H,20,22). The van der Waals surface area contributed by atoms with E-state index in [1.165, 1.54) is 18.2 Å². The highest BCUT2D eigenvalue weighted by atomic mass is 35.5. The van der Waals surface area contributed by atoms with Gasteiger partial charge >= 0.3 is 0 Å². The number of aryl methyl sites for hydroxylation is 1. The molecular weight excluding hydrogens is 376 g/mol. The molecule has 2 N–H and O–H groups in total. The Morgan fingerprint density at radius 2 is 1.96 bits per heavy atom. The van der Waals surface area contributed by atoms with E-state index in [-0.39, 0.29) is 16.5 Å². The molecule has 0 fully saturated rings. The molecule has 0 aliphatic rings. The van der Waals surface area contributed by atoms with E-state index in [0.717, 1.165) is 30.4 Å². The van der Waals surface area contributed by atoms with Gasteiger partial charge in [0.1, 0.15) is 5.75 Å². The van der Waals surface area contributed by atoms with Crippen molar-refractivity contribution >= 4 is 33.2 Å². The maximum Gasteiger partial charge on any atom is 0.252 e. The first-order chi connectivity index (χ1) is 12.3. The van der Waals surface area contributed by atoms with Crippen molar-refractivity contribution in [3.05, 3.63) is 58.6 Å². The Balaban J connectivity index is 1.92. The van der Waals surface area contributed by atoms with Crippen molar-refractivity contribution in [2.75, 3.05) is 24.6 Å². The monoisotopic (exact) mass is 396 g/mol. The second kappa shape index (κ2) is 8.91. The summed E-state index contributed by atoms with van der Waals surface area (Å²) in [5, 5.41) is 3.06. The average Bonchev–Trinajstić information content (AvgIpc) is 2.59. The number of ether oxygens (including phenoxy) is 1. The largest absolute Gasteiger partial charge is 0.497 e. The van der Waals surface area contributed by atoms with Crippen molar-refractivity contribution in [3.63, 3.8) is 0 Å². The summed E-state index contributed by atoms with van der Waals surface area (Å²) in [6.07, 6.45) is 2.58. The van der Waals surface area contributed by atoms with E-state index in [9.17, 15) is 13.2 Å². The van der Waals surface area contributed by atoms with Crippen LogP contribution in [0.2, 0.25) is 5.02 Å². The van der Waals surface area contributed by atoms with Gasteiger partial charge in [0, 0.05) is 12.2 Å². The molecule has 0 saturated heterocycles. The normalized spacial score (nSPS) is 11.0. The molecule has 0 aromatic heterocycles. The van der Waals surface area contributed by atoms with Crippen LogP contribution in [0.15, 0.2) is 42.5 Å². The molecule has 0 unspecified atom stereocenters. The molecule has 2 aromatic carbocycles. The van der Waals surface area contributed by atoms with Gasteiger partial charge in [-0.25, -0.2) is 8.42 Å². The molecule has 0 heterocycles. The smallest absolute Gasteiger partial charge is 0.252 e. The molecule has 0 spiro atoms. The number of anilines is 1. The number of carbonyl (C=O) groups is 1. The van der Waals surface area contributed by atoms with E-state index in [0.29, 0.717) is 12.2 Å². The Kier molecular flexibility index (Phi) is 6.88. The van der Waals surface area contributed by atoms with Crippen molar-refractivity contribution in [2.24, 2.45) is 0 Å². The highest BCUT2D eigenvalue weighted by Crippen LogP contribution is 2.21. The lowest BCUT2D eigenvalue weighted by Crippen LogP contribution is -2.25. The number of hydrogen-bond donors (Lipinski definition) is 2. The maximum absolute atomic E-state index is 12.3. The summed E-state index contributed by atoms with van der Waals surface area (Å²) in [4.78, 5) is 12.3. The van der Waals surface area contributed by atoms with Crippen LogP contribution in [-0.4, -0.2) is 34.2 Å². The zero-order valence-electron chi connectivity index (χ0n) is 14.6. The van der Waals surface area contributed by atoms with E-state index in [4.69, 9.17) is 16.3 Å². The fourth-order valence-corrected chi connectivity index (χ4v) is 3.15. The second-order valence-corrected chi connectivity index (χ2v) is 7.94. The van der Waals surface area contributed by atoms with Gasteiger partial charge < -0.3 is 10.1 Å². The first kappa shape index (κ1) is 20.1. The minimum Gasteiger partial charge on any atom is -0.497 e. The van der Waals surface area contributed by atoms with E-state index in [2.05, 4.69) is 10.0 Å². The van der Waals surface area contributed by atoms with Crippen LogP contribution in [0.1, 0.15) is 22.3 Å². The number of carbonyl (C=O) groups excluding carboxylic acids is 1. The molecule has 6 nitrogen and oxygen atoms in total. The highest BCUT2D eigenvalue weighted by molar-refractivity contribution is 7.92. The molecule has 0 atom stereocenters. The quantitative estimate of drug-likeness (QED) is 0.671. The van der Waals surface area contributed by atoms with E-state index in [1.54, 1.807) is 7.11 Å². The maximum atomic E-state index is 12.3. The Bertz CT molecular complexity index is 885. The molecule has 1 amide bonds. The van der Waals surface area contributed by atoms with Gasteiger partial charge in [0.15, 0.2) is 0 Å². The van der Waals surface area contributed by atoms with Crippen molar-refractivity contribution in [1.82, 2.24) is 5.32 Å². The van der Waals surface area contributed by atoms with Crippen LogP contribution in [0.3, 0.4) is 0 Å². The van der Waals surface area contributed by atoms with Gasteiger partial charge in [-0.05, 0) is 48.7 Å². The number of halogens is 1. The van der Waals surface area contributed by atoms with E-state index < -0.39 is 10.0 Å². The van der Waals surface area contributed by atoms with Crippen LogP contribution >= 0.6 is 11.6 Å². The third-order valence-corrected chi connectivity index (χ3v) is 4.51. The van der Waals surface area contributed by atoms with E-state index in [1.807, 2.05) is 24.3 Å². The van der Waals surface area contributed by atoms with Crippen LogP contribution in [0.5, 0.6) is 5.75 Å². The minimum absolute atomic E-state index is 0.224. The van der Waals surface area contributed by atoms with Gasteiger partial charge in [-0.2, -0.15) is 0 Å². The summed E-state index contributed by atoms with van der Waals surface area (Å²) in [6, 6.07) is 12.2. The Hall–Kier alpha value is -2.25. The first-order valence-corrected chi connectivity index (χ1v) is 10.2. The molecular formula is C18H21ClN2O4S. The summed E-state index contributed by atoms with van der Waals surface area (Å²) in [5.41, 5.74) is 1.64. The molecule has 0 saturated carbocycles. The van der Waals surface area contributed by atoms with E-state index >= 15 is 0 Å². The molecule has 2 aromatic rings. The Morgan fingerprint density at radius 1 is 1.19 bits per heavy atom. The summed E-state index contributed by atoms with van der Waals surface area (Å²) in [5.74, 6) is 0.450. The van der Waals surface area contributed by atoms with Gasteiger partial charge in [0.25, 0.3) is 5.91 Å². The highest BCUT2D eigenvalue weighted by Gasteiger charge is 2.12. The zero-order valence-corrected chi connectivity index (χ0v) is 16.2. The zero-order chi connectivity index (χ0) is 19.2. The second-order valence-electron chi connectivity index (χ2n) is 5.78. The summed E-state index contributed by atoms with van der Waals surface area (Å²) in [6.45, 7) is 0.468. The van der Waals surface area contributed by atoms with Gasteiger partial charge in [-0.15, -0.1) is 0 Å². The molecule has 0 aliphatic carbocycles. The molecule has 0 bridgehead atoms.